The molecule has 2 aliphatic heterocycles. The second-order valence-electron chi connectivity index (χ2n) is 11.5. The van der Waals surface area contributed by atoms with Gasteiger partial charge in [0.05, 0.1) is 6.10 Å². The van der Waals surface area contributed by atoms with Crippen molar-refractivity contribution in [3.8, 4) is 5.75 Å². The highest BCUT2D eigenvalue weighted by Gasteiger charge is 2.29. The minimum atomic E-state index is -0.117. The predicted octanol–water partition coefficient (Wildman–Crippen LogP) is 4.49. The van der Waals surface area contributed by atoms with E-state index in [0.717, 1.165) is 63.1 Å². The number of phenols is 1. The van der Waals surface area contributed by atoms with Gasteiger partial charge >= 0.3 is 0 Å². The van der Waals surface area contributed by atoms with Gasteiger partial charge in [-0.05, 0) is 66.3 Å². The van der Waals surface area contributed by atoms with E-state index in [1.807, 2.05) is 0 Å². The zero-order chi connectivity index (χ0) is 22.8. The van der Waals surface area contributed by atoms with Crippen LogP contribution in [0.5, 0.6) is 5.75 Å². The lowest BCUT2D eigenvalue weighted by molar-refractivity contribution is -0.127. The Hall–Kier alpha value is -1.59. The number of carbonyl (C=O) groups excluding carboxylic acids is 1. The van der Waals surface area contributed by atoms with Gasteiger partial charge in [0.15, 0.2) is 0 Å². The Balaban J connectivity index is 1.61. The van der Waals surface area contributed by atoms with Crippen LogP contribution in [-0.2, 0) is 26.9 Å². The second kappa shape index (κ2) is 9.50. The van der Waals surface area contributed by atoms with Crippen LogP contribution in [0.15, 0.2) is 12.1 Å². The first kappa shape index (κ1) is 24.1. The van der Waals surface area contributed by atoms with Gasteiger partial charge in [0.2, 0.25) is 5.91 Å². The largest absolute Gasteiger partial charge is 0.507 e. The molecular formula is C26H42N2O3. The quantitative estimate of drug-likeness (QED) is 0.722. The van der Waals surface area contributed by atoms with E-state index < -0.39 is 0 Å². The molecular weight excluding hydrogens is 388 g/mol. The number of benzene rings is 1. The summed E-state index contributed by atoms with van der Waals surface area (Å²) in [4.78, 5) is 15.0. The lowest BCUT2D eigenvalue weighted by Crippen LogP contribution is -2.42. The summed E-state index contributed by atoms with van der Waals surface area (Å²) in [6.45, 7) is 17.1. The molecule has 0 radical (unpaired) electrons. The molecule has 1 aromatic rings. The Kier molecular flexibility index (Phi) is 7.37. The maximum absolute atomic E-state index is 12.6. The fourth-order valence-electron chi connectivity index (χ4n) is 4.70. The summed E-state index contributed by atoms with van der Waals surface area (Å²) >= 11 is 0. The van der Waals surface area contributed by atoms with Gasteiger partial charge in [0.1, 0.15) is 5.75 Å². The molecule has 0 saturated carbocycles. The number of phenolic OH excluding ortho intramolecular Hbond substituents is 1. The van der Waals surface area contributed by atoms with Crippen LogP contribution in [0.3, 0.4) is 0 Å². The van der Waals surface area contributed by atoms with Crippen LogP contribution in [0.1, 0.15) is 83.9 Å². The van der Waals surface area contributed by atoms with E-state index in [1.165, 1.54) is 5.56 Å². The Morgan fingerprint density at radius 1 is 1.06 bits per heavy atom. The third-order valence-corrected chi connectivity index (χ3v) is 6.68. The van der Waals surface area contributed by atoms with Crippen LogP contribution in [0.2, 0.25) is 0 Å². The molecule has 2 N–H and O–H groups in total. The molecule has 0 spiro atoms. The molecule has 1 amide bonds. The first-order chi connectivity index (χ1) is 14.4. The average molecular weight is 431 g/mol. The standard InChI is InChI=1S/C26H42N2O3/c1-25(2,3)21-14-18(15-22(23(21)29)26(4,5)6)17-28-11-9-19(10-12-28)24(30)27-16-20-8-7-13-31-20/h14-15,19-20,29H,7-13,16-17H2,1-6H3,(H,27,30)/t20-/m0/s1. The molecule has 2 aliphatic rings. The fraction of sp³-hybridized carbons (Fsp3) is 0.731. The highest BCUT2D eigenvalue weighted by atomic mass is 16.5. The molecule has 2 heterocycles. The lowest BCUT2D eigenvalue weighted by Gasteiger charge is -2.33. The van der Waals surface area contributed by atoms with Crippen LogP contribution in [0.25, 0.3) is 0 Å². The Morgan fingerprint density at radius 3 is 2.13 bits per heavy atom. The Morgan fingerprint density at radius 2 is 1.65 bits per heavy atom. The lowest BCUT2D eigenvalue weighted by atomic mass is 9.78. The molecule has 0 aliphatic carbocycles. The summed E-state index contributed by atoms with van der Waals surface area (Å²) in [5.41, 5.74) is 3.04. The first-order valence-electron chi connectivity index (χ1n) is 11.9. The maximum atomic E-state index is 12.6. The van der Waals surface area contributed by atoms with Crippen molar-refractivity contribution < 1.29 is 14.6 Å². The highest BCUT2D eigenvalue weighted by molar-refractivity contribution is 5.78. The minimum Gasteiger partial charge on any atom is -0.507 e. The van der Waals surface area contributed by atoms with Gasteiger partial charge in [0.25, 0.3) is 0 Å². The summed E-state index contributed by atoms with van der Waals surface area (Å²) in [5, 5.41) is 14.1. The van der Waals surface area contributed by atoms with Gasteiger partial charge in [0, 0.05) is 25.6 Å². The van der Waals surface area contributed by atoms with Crippen molar-refractivity contribution in [3.05, 3.63) is 28.8 Å². The summed E-state index contributed by atoms with van der Waals surface area (Å²) in [6.07, 6.45) is 4.15. The van der Waals surface area contributed by atoms with Crippen molar-refractivity contribution in [2.24, 2.45) is 5.92 Å². The number of hydrogen-bond donors (Lipinski definition) is 2. The fourth-order valence-corrected chi connectivity index (χ4v) is 4.70. The number of ether oxygens (including phenoxy) is 1. The SMILES string of the molecule is CC(C)(C)c1cc(CN2CCC(C(=O)NC[C@@H]3CCCO3)CC2)cc(C(C)(C)C)c1O. The summed E-state index contributed by atoms with van der Waals surface area (Å²) < 4.78 is 5.61. The van der Waals surface area contributed by atoms with Crippen molar-refractivity contribution >= 4 is 5.91 Å². The molecule has 2 saturated heterocycles. The number of carbonyl (C=O) groups is 1. The number of aromatic hydroxyl groups is 1. The molecule has 31 heavy (non-hydrogen) atoms. The first-order valence-corrected chi connectivity index (χ1v) is 11.9. The van der Waals surface area contributed by atoms with Crippen LogP contribution < -0.4 is 5.32 Å². The van der Waals surface area contributed by atoms with Gasteiger partial charge in [-0.3, -0.25) is 9.69 Å². The van der Waals surface area contributed by atoms with Gasteiger partial charge in [-0.25, -0.2) is 0 Å². The van der Waals surface area contributed by atoms with E-state index in [-0.39, 0.29) is 28.8 Å². The number of nitrogens with zero attached hydrogens (tertiary/aromatic N) is 1. The maximum Gasteiger partial charge on any atom is 0.223 e. The van der Waals surface area contributed by atoms with Crippen molar-refractivity contribution in [2.75, 3.05) is 26.2 Å². The van der Waals surface area contributed by atoms with E-state index in [4.69, 9.17) is 4.74 Å². The predicted molar refractivity (Wildman–Crippen MR) is 125 cm³/mol. The van der Waals surface area contributed by atoms with Crippen LogP contribution >= 0.6 is 0 Å². The third kappa shape index (κ3) is 6.23. The van der Waals surface area contributed by atoms with Crippen LogP contribution in [0.4, 0.5) is 0 Å². The summed E-state index contributed by atoms with van der Waals surface area (Å²) in [5.74, 6) is 0.725. The molecule has 1 aromatic carbocycles. The van der Waals surface area contributed by atoms with Crippen molar-refractivity contribution in [1.82, 2.24) is 10.2 Å². The van der Waals surface area contributed by atoms with E-state index in [0.29, 0.717) is 12.3 Å². The molecule has 0 bridgehead atoms. The molecule has 1 atom stereocenters. The van der Waals surface area contributed by atoms with Gasteiger partial charge in [-0.15, -0.1) is 0 Å². The monoisotopic (exact) mass is 430 g/mol. The van der Waals surface area contributed by atoms with E-state index in [1.54, 1.807) is 0 Å². The number of amides is 1. The van der Waals surface area contributed by atoms with Gasteiger partial charge < -0.3 is 15.2 Å². The number of likely N-dealkylation sites (tertiary alicyclic amines) is 1. The molecule has 174 valence electrons. The summed E-state index contributed by atoms with van der Waals surface area (Å²) in [6, 6.07) is 4.34. The smallest absolute Gasteiger partial charge is 0.223 e. The number of rotatable bonds is 5. The van der Waals surface area contributed by atoms with Crippen LogP contribution in [-0.4, -0.2) is 48.3 Å². The molecule has 5 nitrogen and oxygen atoms in total. The van der Waals surface area contributed by atoms with Crippen molar-refractivity contribution in [2.45, 2.75) is 90.7 Å². The molecule has 0 aromatic heterocycles. The van der Waals surface area contributed by atoms with Crippen LogP contribution in [0, 0.1) is 5.92 Å². The minimum absolute atomic E-state index is 0.104. The van der Waals surface area contributed by atoms with E-state index >= 15 is 0 Å². The molecule has 5 heteroatoms. The number of nitrogens with one attached hydrogen (secondary N) is 1. The highest BCUT2D eigenvalue weighted by Crippen LogP contribution is 2.40. The number of hydrogen-bond acceptors (Lipinski definition) is 4. The Bertz CT molecular complexity index is 727. The van der Waals surface area contributed by atoms with Crippen molar-refractivity contribution in [3.63, 3.8) is 0 Å². The average Bonchev–Trinajstić information content (AvgIpc) is 3.20. The zero-order valence-corrected chi connectivity index (χ0v) is 20.4. The molecule has 2 fully saturated rings. The van der Waals surface area contributed by atoms with E-state index in [2.05, 4.69) is 63.9 Å². The third-order valence-electron chi connectivity index (χ3n) is 6.68. The number of piperidine rings is 1. The Labute approximate surface area is 188 Å². The normalized spacial score (nSPS) is 21.4. The second-order valence-corrected chi connectivity index (χ2v) is 11.5. The van der Waals surface area contributed by atoms with Gasteiger partial charge in [-0.2, -0.15) is 0 Å². The summed E-state index contributed by atoms with van der Waals surface area (Å²) in [7, 11) is 0. The zero-order valence-electron chi connectivity index (χ0n) is 20.4. The topological polar surface area (TPSA) is 61.8 Å². The van der Waals surface area contributed by atoms with Crippen molar-refractivity contribution in [1.29, 1.82) is 0 Å². The molecule has 0 unspecified atom stereocenters. The molecule has 3 rings (SSSR count). The van der Waals surface area contributed by atoms with E-state index in [9.17, 15) is 9.90 Å². The van der Waals surface area contributed by atoms with Gasteiger partial charge in [-0.1, -0.05) is 53.7 Å².